The molecule has 0 saturated heterocycles. The minimum atomic E-state index is -0.212. The molecule has 0 saturated carbocycles. The van der Waals surface area contributed by atoms with E-state index in [-0.39, 0.29) is 18.2 Å². The lowest BCUT2D eigenvalue weighted by atomic mass is 10.2. The number of carbonyl (C=O) groups is 2. The average Bonchev–Trinajstić information content (AvgIpc) is 3.05. The van der Waals surface area contributed by atoms with E-state index in [0.717, 1.165) is 20.9 Å². The van der Waals surface area contributed by atoms with Crippen LogP contribution < -0.4 is 5.32 Å². The van der Waals surface area contributed by atoms with Gasteiger partial charge in [-0.1, -0.05) is 46.3 Å². The Labute approximate surface area is 160 Å². The Morgan fingerprint density at radius 3 is 2.65 bits per heavy atom. The number of rotatable bonds is 6. The zero-order valence-corrected chi connectivity index (χ0v) is 16.0. The molecule has 2 amide bonds. The van der Waals surface area contributed by atoms with Crippen LogP contribution in [0.1, 0.15) is 22.5 Å². The van der Waals surface area contributed by atoms with Crippen LogP contribution in [0.4, 0.5) is 0 Å². The minimum absolute atomic E-state index is 0.00488. The fourth-order valence-corrected chi connectivity index (χ4v) is 3.12. The van der Waals surface area contributed by atoms with Gasteiger partial charge in [-0.3, -0.25) is 9.59 Å². The van der Waals surface area contributed by atoms with Gasteiger partial charge < -0.3 is 15.2 Å². The first-order chi connectivity index (χ1) is 12.5. The second kappa shape index (κ2) is 8.19. The maximum atomic E-state index is 12.3. The fourth-order valence-electron chi connectivity index (χ4n) is 2.74. The summed E-state index contributed by atoms with van der Waals surface area (Å²) in [5.41, 5.74) is 2.47. The van der Waals surface area contributed by atoms with Crippen LogP contribution in [-0.4, -0.2) is 35.3 Å². The number of benzene rings is 2. The molecule has 3 rings (SSSR count). The van der Waals surface area contributed by atoms with Crippen molar-refractivity contribution < 1.29 is 9.59 Å². The molecule has 2 N–H and O–H groups in total. The predicted octanol–water partition coefficient (Wildman–Crippen LogP) is 3.71. The van der Waals surface area contributed by atoms with Crippen LogP contribution in [0.25, 0.3) is 10.9 Å². The van der Waals surface area contributed by atoms with Gasteiger partial charge in [-0.25, -0.2) is 0 Å². The molecule has 0 aliphatic carbocycles. The maximum Gasteiger partial charge on any atom is 0.267 e. The molecule has 0 spiro atoms. The molecule has 0 bridgehead atoms. The summed E-state index contributed by atoms with van der Waals surface area (Å²) in [5.74, 6) is -0.217. The van der Waals surface area contributed by atoms with Crippen molar-refractivity contribution in [3.8, 4) is 0 Å². The summed E-state index contributed by atoms with van der Waals surface area (Å²) in [6.45, 7) is 0.861. The maximum absolute atomic E-state index is 12.3. The molecular formula is C20H20BrN3O2. The van der Waals surface area contributed by atoms with Gasteiger partial charge >= 0.3 is 0 Å². The highest BCUT2D eigenvalue weighted by molar-refractivity contribution is 9.10. The van der Waals surface area contributed by atoms with E-state index < -0.39 is 0 Å². The van der Waals surface area contributed by atoms with Crippen molar-refractivity contribution in [2.75, 3.05) is 13.6 Å². The Hall–Kier alpha value is -2.60. The van der Waals surface area contributed by atoms with Crippen molar-refractivity contribution in [3.05, 3.63) is 70.3 Å². The molecule has 6 heteroatoms. The molecule has 3 aromatic rings. The van der Waals surface area contributed by atoms with Crippen molar-refractivity contribution in [1.82, 2.24) is 15.2 Å². The van der Waals surface area contributed by atoms with Gasteiger partial charge in [0.15, 0.2) is 0 Å². The average molecular weight is 414 g/mol. The molecule has 1 aromatic heterocycles. The number of hydrogen-bond acceptors (Lipinski definition) is 2. The summed E-state index contributed by atoms with van der Waals surface area (Å²) in [7, 11) is 1.77. The quantitative estimate of drug-likeness (QED) is 0.646. The molecule has 0 aliphatic rings. The van der Waals surface area contributed by atoms with Crippen molar-refractivity contribution in [2.24, 2.45) is 0 Å². The third-order valence-electron chi connectivity index (χ3n) is 4.14. The minimum Gasteiger partial charge on any atom is -0.351 e. The van der Waals surface area contributed by atoms with E-state index in [2.05, 4.69) is 26.2 Å². The summed E-state index contributed by atoms with van der Waals surface area (Å²) in [6.07, 6.45) is 0.265. The first-order valence-corrected chi connectivity index (χ1v) is 9.16. The standard InChI is InChI=1S/C20H20BrN3O2/c1-24(13-14-5-3-2-4-6-14)19(25)9-10-22-20(26)18-12-15-11-16(21)7-8-17(15)23-18/h2-8,11-12,23H,9-10,13H2,1H3,(H,22,26). The highest BCUT2D eigenvalue weighted by Gasteiger charge is 2.12. The van der Waals surface area contributed by atoms with Crippen molar-refractivity contribution in [2.45, 2.75) is 13.0 Å². The first-order valence-electron chi connectivity index (χ1n) is 8.37. The third kappa shape index (κ3) is 4.52. The summed E-state index contributed by atoms with van der Waals surface area (Å²) in [4.78, 5) is 29.2. The van der Waals surface area contributed by atoms with Crippen molar-refractivity contribution in [3.63, 3.8) is 0 Å². The van der Waals surface area contributed by atoms with E-state index in [9.17, 15) is 9.59 Å². The second-order valence-electron chi connectivity index (χ2n) is 6.16. The van der Waals surface area contributed by atoms with Crippen LogP contribution in [0.2, 0.25) is 0 Å². The van der Waals surface area contributed by atoms with Gasteiger partial charge in [-0.05, 0) is 29.8 Å². The lowest BCUT2D eigenvalue weighted by molar-refractivity contribution is -0.130. The van der Waals surface area contributed by atoms with Crippen LogP contribution in [0.5, 0.6) is 0 Å². The van der Waals surface area contributed by atoms with Gasteiger partial charge in [-0.2, -0.15) is 0 Å². The Bertz CT molecular complexity index is 921. The van der Waals surface area contributed by atoms with E-state index >= 15 is 0 Å². The zero-order chi connectivity index (χ0) is 18.5. The van der Waals surface area contributed by atoms with E-state index in [1.54, 1.807) is 18.0 Å². The second-order valence-corrected chi connectivity index (χ2v) is 7.07. The van der Waals surface area contributed by atoms with Gasteiger partial charge in [0.05, 0.1) is 0 Å². The zero-order valence-electron chi connectivity index (χ0n) is 14.5. The predicted molar refractivity (Wildman–Crippen MR) is 106 cm³/mol. The highest BCUT2D eigenvalue weighted by atomic mass is 79.9. The molecule has 0 radical (unpaired) electrons. The Morgan fingerprint density at radius 2 is 1.88 bits per heavy atom. The SMILES string of the molecule is CN(Cc1ccccc1)C(=O)CCNC(=O)c1cc2cc(Br)ccc2[nH]1. The molecule has 1 heterocycles. The number of halogens is 1. The molecule has 5 nitrogen and oxygen atoms in total. The highest BCUT2D eigenvalue weighted by Crippen LogP contribution is 2.20. The molecule has 0 unspecified atom stereocenters. The lowest BCUT2D eigenvalue weighted by Crippen LogP contribution is -2.32. The third-order valence-corrected chi connectivity index (χ3v) is 4.63. The van der Waals surface area contributed by atoms with E-state index in [0.29, 0.717) is 18.8 Å². The normalized spacial score (nSPS) is 10.7. The van der Waals surface area contributed by atoms with Crippen LogP contribution in [-0.2, 0) is 11.3 Å². The van der Waals surface area contributed by atoms with Crippen LogP contribution in [0.15, 0.2) is 59.1 Å². The number of H-pyrrole nitrogens is 1. The largest absolute Gasteiger partial charge is 0.351 e. The van der Waals surface area contributed by atoms with Gasteiger partial charge in [0, 0.05) is 41.9 Å². The van der Waals surface area contributed by atoms with Crippen LogP contribution >= 0.6 is 15.9 Å². The summed E-state index contributed by atoms with van der Waals surface area (Å²) in [5, 5.41) is 3.76. The van der Waals surface area contributed by atoms with Gasteiger partial charge in [0.1, 0.15) is 5.69 Å². The molecule has 26 heavy (non-hydrogen) atoms. The molecule has 0 fully saturated rings. The Kier molecular flexibility index (Phi) is 5.73. The molecular weight excluding hydrogens is 394 g/mol. The monoisotopic (exact) mass is 413 g/mol. The van der Waals surface area contributed by atoms with Crippen molar-refractivity contribution >= 4 is 38.6 Å². The number of amides is 2. The van der Waals surface area contributed by atoms with Crippen molar-refractivity contribution in [1.29, 1.82) is 0 Å². The Balaban J connectivity index is 1.50. The number of fused-ring (bicyclic) bond motifs is 1. The Morgan fingerprint density at radius 1 is 1.12 bits per heavy atom. The van der Waals surface area contributed by atoms with Gasteiger partial charge in [0.2, 0.25) is 5.91 Å². The van der Waals surface area contributed by atoms with Gasteiger partial charge in [0.25, 0.3) is 5.91 Å². The van der Waals surface area contributed by atoms with E-state index in [1.807, 2.05) is 48.5 Å². The van der Waals surface area contributed by atoms with Crippen LogP contribution in [0.3, 0.4) is 0 Å². The smallest absolute Gasteiger partial charge is 0.267 e. The lowest BCUT2D eigenvalue weighted by Gasteiger charge is -2.17. The number of aromatic amines is 1. The molecule has 134 valence electrons. The summed E-state index contributed by atoms with van der Waals surface area (Å²) < 4.78 is 0.961. The molecule has 0 atom stereocenters. The number of nitrogens with zero attached hydrogens (tertiary/aromatic N) is 1. The summed E-state index contributed by atoms with van der Waals surface area (Å²) in [6, 6.07) is 17.4. The number of aromatic nitrogens is 1. The topological polar surface area (TPSA) is 65.2 Å². The molecule has 0 aliphatic heterocycles. The number of hydrogen-bond donors (Lipinski definition) is 2. The number of carbonyl (C=O) groups excluding carboxylic acids is 2. The fraction of sp³-hybridized carbons (Fsp3) is 0.200. The summed E-state index contributed by atoms with van der Waals surface area (Å²) >= 11 is 3.42. The van der Waals surface area contributed by atoms with Crippen LogP contribution in [0, 0.1) is 0 Å². The van der Waals surface area contributed by atoms with E-state index in [4.69, 9.17) is 0 Å². The first kappa shape index (κ1) is 18.2. The van der Waals surface area contributed by atoms with Gasteiger partial charge in [-0.15, -0.1) is 0 Å². The molecule has 2 aromatic carbocycles. The number of nitrogens with one attached hydrogen (secondary N) is 2. The van der Waals surface area contributed by atoms with E-state index in [1.165, 1.54) is 0 Å².